The van der Waals surface area contributed by atoms with E-state index in [1.807, 2.05) is 0 Å². The number of nitro groups is 1. The molecule has 0 saturated carbocycles. The summed E-state index contributed by atoms with van der Waals surface area (Å²) in [5.74, 6) is 0.699. The van der Waals surface area contributed by atoms with Gasteiger partial charge in [-0.05, 0) is 18.9 Å². The van der Waals surface area contributed by atoms with Crippen LogP contribution in [0, 0.1) is 10.1 Å². The van der Waals surface area contributed by atoms with E-state index in [2.05, 4.69) is 10.1 Å². The highest BCUT2D eigenvalue weighted by molar-refractivity contribution is 5.91. The number of carbonyl (C=O) groups excluding carboxylic acids is 1. The number of aromatic nitrogens is 1. The van der Waals surface area contributed by atoms with Crippen molar-refractivity contribution in [3.8, 4) is 5.75 Å². The standard InChI is InChI=1S/C19H22N4O6/c1-27-16-3-2-15(23(25)26)10-14(16)11-21-12-19(28-13-21)5-8-22(9-6-19)18(24)17-4-7-20-29-17/h2-4,7,10H,5-6,8-9,11-13H2,1H3. The van der Waals surface area contributed by atoms with Crippen LogP contribution in [0.25, 0.3) is 0 Å². The van der Waals surface area contributed by atoms with Crippen LogP contribution in [0.4, 0.5) is 5.69 Å². The Bertz CT molecular complexity index is 892. The number of hydrogen-bond donors (Lipinski definition) is 0. The van der Waals surface area contributed by atoms with E-state index in [1.165, 1.54) is 12.3 Å². The smallest absolute Gasteiger partial charge is 0.292 e. The molecule has 10 nitrogen and oxygen atoms in total. The molecular formula is C19H22N4O6. The van der Waals surface area contributed by atoms with Crippen LogP contribution in [0.15, 0.2) is 35.0 Å². The molecule has 2 aromatic rings. The molecule has 0 N–H and O–H groups in total. The lowest BCUT2D eigenvalue weighted by atomic mass is 9.91. The van der Waals surface area contributed by atoms with Crippen LogP contribution < -0.4 is 4.74 Å². The second-order valence-corrected chi connectivity index (χ2v) is 7.37. The van der Waals surface area contributed by atoms with Gasteiger partial charge in [-0.1, -0.05) is 5.16 Å². The van der Waals surface area contributed by atoms with Crippen molar-refractivity contribution in [1.82, 2.24) is 15.0 Å². The summed E-state index contributed by atoms with van der Waals surface area (Å²) in [5, 5.41) is 14.7. The van der Waals surface area contributed by atoms with Crippen LogP contribution in [0.5, 0.6) is 5.75 Å². The second-order valence-electron chi connectivity index (χ2n) is 7.37. The summed E-state index contributed by atoms with van der Waals surface area (Å²) < 4.78 is 16.4. The van der Waals surface area contributed by atoms with Gasteiger partial charge in [-0.3, -0.25) is 19.8 Å². The van der Waals surface area contributed by atoms with E-state index in [1.54, 1.807) is 30.2 Å². The van der Waals surface area contributed by atoms with Gasteiger partial charge in [0.15, 0.2) is 0 Å². The van der Waals surface area contributed by atoms with Crippen LogP contribution in [-0.2, 0) is 11.3 Å². The first kappa shape index (κ1) is 19.3. The molecule has 3 heterocycles. The number of nitrogens with zero attached hydrogens (tertiary/aromatic N) is 4. The zero-order chi connectivity index (χ0) is 20.4. The van der Waals surface area contributed by atoms with Crippen molar-refractivity contribution in [2.45, 2.75) is 25.0 Å². The third-order valence-electron chi connectivity index (χ3n) is 5.54. The zero-order valence-electron chi connectivity index (χ0n) is 16.1. The molecule has 1 spiro atoms. The highest BCUT2D eigenvalue weighted by atomic mass is 16.6. The molecule has 0 atom stereocenters. The number of nitro benzene ring substituents is 1. The van der Waals surface area contributed by atoms with E-state index in [4.69, 9.17) is 14.0 Å². The molecule has 0 bridgehead atoms. The highest BCUT2D eigenvalue weighted by Crippen LogP contribution is 2.34. The predicted molar refractivity (Wildman–Crippen MR) is 100 cm³/mol. The quantitative estimate of drug-likeness (QED) is 0.552. The number of hydrogen-bond acceptors (Lipinski definition) is 8. The first-order chi connectivity index (χ1) is 14.0. The van der Waals surface area contributed by atoms with Gasteiger partial charge in [-0.2, -0.15) is 0 Å². The summed E-state index contributed by atoms with van der Waals surface area (Å²) in [6.07, 6.45) is 2.89. The molecule has 1 aromatic heterocycles. The molecule has 2 saturated heterocycles. The first-order valence-electron chi connectivity index (χ1n) is 9.37. The van der Waals surface area contributed by atoms with Gasteiger partial charge in [0, 0.05) is 49.9 Å². The van der Waals surface area contributed by atoms with E-state index in [-0.39, 0.29) is 23.0 Å². The fraction of sp³-hybridized carbons (Fsp3) is 0.474. The van der Waals surface area contributed by atoms with Gasteiger partial charge in [0.25, 0.3) is 11.6 Å². The third-order valence-corrected chi connectivity index (χ3v) is 5.54. The Balaban J connectivity index is 1.38. The third kappa shape index (κ3) is 3.94. The van der Waals surface area contributed by atoms with E-state index >= 15 is 0 Å². The molecule has 10 heteroatoms. The lowest BCUT2D eigenvalue weighted by molar-refractivity contribution is -0.385. The molecule has 2 fully saturated rings. The average molecular weight is 402 g/mol. The van der Waals surface area contributed by atoms with Gasteiger partial charge in [0.05, 0.1) is 23.8 Å². The lowest BCUT2D eigenvalue weighted by Gasteiger charge is -2.37. The van der Waals surface area contributed by atoms with Crippen molar-refractivity contribution >= 4 is 11.6 Å². The summed E-state index contributed by atoms with van der Waals surface area (Å²) in [6.45, 7) is 2.78. The van der Waals surface area contributed by atoms with Gasteiger partial charge < -0.3 is 18.9 Å². The molecule has 1 aromatic carbocycles. The zero-order valence-corrected chi connectivity index (χ0v) is 16.1. The van der Waals surface area contributed by atoms with Crippen LogP contribution in [0.3, 0.4) is 0 Å². The number of non-ortho nitro benzene ring substituents is 1. The minimum Gasteiger partial charge on any atom is -0.496 e. The second kappa shape index (κ2) is 7.80. The molecule has 0 aliphatic carbocycles. The van der Waals surface area contributed by atoms with Crippen LogP contribution >= 0.6 is 0 Å². The summed E-state index contributed by atoms with van der Waals surface area (Å²) in [7, 11) is 1.55. The molecule has 29 heavy (non-hydrogen) atoms. The number of amides is 1. The SMILES string of the molecule is COc1ccc([N+](=O)[O-])cc1CN1COC2(CCN(C(=O)c3ccno3)CC2)C1. The Kier molecular flexibility index (Phi) is 5.20. The maximum absolute atomic E-state index is 12.4. The molecule has 1 amide bonds. The van der Waals surface area contributed by atoms with Crippen molar-refractivity contribution in [3.05, 3.63) is 51.9 Å². The topological polar surface area (TPSA) is 111 Å². The Morgan fingerprint density at radius 1 is 1.34 bits per heavy atom. The van der Waals surface area contributed by atoms with Crippen LogP contribution in [0.1, 0.15) is 29.0 Å². The molecule has 4 rings (SSSR count). The number of carbonyl (C=O) groups is 1. The van der Waals surface area contributed by atoms with Crippen molar-refractivity contribution in [2.75, 3.05) is 33.5 Å². The minimum absolute atomic E-state index is 0.0369. The average Bonchev–Trinajstić information content (AvgIpc) is 3.39. The Morgan fingerprint density at radius 2 is 2.14 bits per heavy atom. The Labute approximate surface area is 167 Å². The number of piperidine rings is 1. The van der Waals surface area contributed by atoms with Crippen LogP contribution in [0.2, 0.25) is 0 Å². The molecule has 0 unspecified atom stereocenters. The number of benzene rings is 1. The van der Waals surface area contributed by atoms with Gasteiger partial charge in [-0.25, -0.2) is 0 Å². The summed E-state index contributed by atoms with van der Waals surface area (Å²) >= 11 is 0. The van der Waals surface area contributed by atoms with Crippen molar-refractivity contribution in [2.24, 2.45) is 0 Å². The van der Waals surface area contributed by atoms with Gasteiger partial charge >= 0.3 is 0 Å². The van der Waals surface area contributed by atoms with Gasteiger partial charge in [-0.15, -0.1) is 0 Å². The summed E-state index contributed by atoms with van der Waals surface area (Å²) in [4.78, 5) is 26.9. The van der Waals surface area contributed by atoms with Crippen LogP contribution in [-0.4, -0.2) is 64.9 Å². The molecule has 0 radical (unpaired) electrons. The van der Waals surface area contributed by atoms with Gasteiger partial charge in [0.2, 0.25) is 5.76 Å². The highest BCUT2D eigenvalue weighted by Gasteiger charge is 2.43. The summed E-state index contributed by atoms with van der Waals surface area (Å²) in [6, 6.07) is 6.16. The number of ether oxygens (including phenoxy) is 2. The fourth-order valence-corrected chi connectivity index (χ4v) is 3.97. The lowest BCUT2D eigenvalue weighted by Crippen LogP contribution is -2.48. The van der Waals surface area contributed by atoms with Crippen molar-refractivity contribution < 1.29 is 23.7 Å². The van der Waals surface area contributed by atoms with Crippen molar-refractivity contribution in [1.29, 1.82) is 0 Å². The number of methoxy groups -OCH3 is 1. The molecular weight excluding hydrogens is 380 g/mol. The normalized spacial score (nSPS) is 18.9. The molecule has 154 valence electrons. The van der Waals surface area contributed by atoms with E-state index in [0.717, 1.165) is 18.4 Å². The maximum Gasteiger partial charge on any atom is 0.292 e. The van der Waals surface area contributed by atoms with E-state index < -0.39 is 4.92 Å². The number of likely N-dealkylation sites (tertiary alicyclic amines) is 1. The first-order valence-corrected chi connectivity index (χ1v) is 9.37. The van der Waals surface area contributed by atoms with E-state index in [0.29, 0.717) is 38.7 Å². The minimum atomic E-state index is -0.411. The molecule has 2 aliphatic rings. The predicted octanol–water partition coefficient (Wildman–Crippen LogP) is 2.06. The summed E-state index contributed by atoms with van der Waals surface area (Å²) in [5.41, 5.74) is 0.474. The Hall–Kier alpha value is -2.98. The number of rotatable bonds is 5. The molecule has 2 aliphatic heterocycles. The van der Waals surface area contributed by atoms with Crippen molar-refractivity contribution in [3.63, 3.8) is 0 Å². The Morgan fingerprint density at radius 3 is 2.79 bits per heavy atom. The monoisotopic (exact) mass is 402 g/mol. The van der Waals surface area contributed by atoms with E-state index in [9.17, 15) is 14.9 Å². The van der Waals surface area contributed by atoms with Gasteiger partial charge in [0.1, 0.15) is 12.5 Å². The fourth-order valence-electron chi connectivity index (χ4n) is 3.97. The largest absolute Gasteiger partial charge is 0.496 e. The maximum atomic E-state index is 12.4.